The van der Waals surface area contributed by atoms with Crippen LogP contribution in [0.3, 0.4) is 0 Å². The van der Waals surface area contributed by atoms with E-state index in [1.807, 2.05) is 13.8 Å². The zero-order chi connectivity index (χ0) is 12.9. The number of rotatable bonds is 2. The highest BCUT2D eigenvalue weighted by Crippen LogP contribution is 2.39. The van der Waals surface area contributed by atoms with Crippen molar-refractivity contribution in [2.75, 3.05) is 20.6 Å². The van der Waals surface area contributed by atoms with E-state index in [9.17, 15) is 0 Å². The van der Waals surface area contributed by atoms with Crippen molar-refractivity contribution in [1.82, 2.24) is 4.90 Å². The third kappa shape index (κ3) is 7.84. The average molecular weight is 215 g/mol. The van der Waals surface area contributed by atoms with Crippen LogP contribution in [0.25, 0.3) is 0 Å². The van der Waals surface area contributed by atoms with Gasteiger partial charge in [-0.3, -0.25) is 0 Å². The molecule has 0 heterocycles. The highest BCUT2D eigenvalue weighted by atomic mass is 15.1. The molecule has 0 N–H and O–H groups in total. The molecule has 0 aliphatic rings. The van der Waals surface area contributed by atoms with Crippen LogP contribution in [0.4, 0.5) is 0 Å². The van der Waals surface area contributed by atoms with E-state index >= 15 is 0 Å². The molecule has 0 saturated carbocycles. The molecule has 0 aromatic carbocycles. The Kier molecular flexibility index (Phi) is 7.55. The Morgan fingerprint density at radius 2 is 1.07 bits per heavy atom. The molecular formula is C14H33N. The molecule has 1 nitrogen and oxygen atoms in total. The summed E-state index contributed by atoms with van der Waals surface area (Å²) in [5.41, 5.74) is 0.783. The van der Waals surface area contributed by atoms with Crippen LogP contribution in [0, 0.1) is 16.7 Å². The van der Waals surface area contributed by atoms with Gasteiger partial charge in [0, 0.05) is 6.54 Å². The van der Waals surface area contributed by atoms with Crippen LogP contribution in [0.5, 0.6) is 0 Å². The molecule has 0 aromatic rings. The third-order valence-corrected chi connectivity index (χ3v) is 2.64. The predicted molar refractivity (Wildman–Crippen MR) is 72.3 cm³/mol. The van der Waals surface area contributed by atoms with Crippen LogP contribution in [-0.4, -0.2) is 25.5 Å². The van der Waals surface area contributed by atoms with E-state index in [4.69, 9.17) is 0 Å². The van der Waals surface area contributed by atoms with Crippen LogP contribution in [0.1, 0.15) is 55.4 Å². The van der Waals surface area contributed by atoms with E-state index in [-0.39, 0.29) is 0 Å². The summed E-state index contributed by atoms with van der Waals surface area (Å²) >= 11 is 0. The van der Waals surface area contributed by atoms with Crippen LogP contribution in [0.2, 0.25) is 0 Å². The molecule has 0 aromatic heterocycles. The van der Waals surface area contributed by atoms with Gasteiger partial charge in [0.1, 0.15) is 0 Å². The van der Waals surface area contributed by atoms with Crippen LogP contribution in [0.15, 0.2) is 0 Å². The zero-order valence-electron chi connectivity index (χ0n) is 12.7. The molecule has 0 unspecified atom stereocenters. The highest BCUT2D eigenvalue weighted by Gasteiger charge is 2.34. The lowest BCUT2D eigenvalue weighted by Gasteiger charge is -2.42. The van der Waals surface area contributed by atoms with E-state index in [0.717, 1.165) is 5.92 Å². The SMILES string of the molecule is CC.CN(C)CC(C(C)(C)C)C(C)(C)C. The van der Waals surface area contributed by atoms with Crippen molar-refractivity contribution < 1.29 is 0 Å². The number of hydrogen-bond acceptors (Lipinski definition) is 1. The van der Waals surface area contributed by atoms with Crippen LogP contribution in [-0.2, 0) is 0 Å². The second kappa shape index (κ2) is 6.52. The Balaban J connectivity index is 0. The van der Waals surface area contributed by atoms with Gasteiger partial charge in [0.25, 0.3) is 0 Å². The lowest BCUT2D eigenvalue weighted by molar-refractivity contribution is 0.0732. The summed E-state index contributed by atoms with van der Waals surface area (Å²) in [6.45, 7) is 19.2. The summed E-state index contributed by atoms with van der Waals surface area (Å²) in [5, 5.41) is 0. The topological polar surface area (TPSA) is 3.24 Å². The molecule has 0 atom stereocenters. The first-order valence-corrected chi connectivity index (χ1v) is 6.20. The summed E-state index contributed by atoms with van der Waals surface area (Å²) in [6.07, 6.45) is 0. The monoisotopic (exact) mass is 215 g/mol. The van der Waals surface area contributed by atoms with Crippen molar-refractivity contribution in [2.45, 2.75) is 55.4 Å². The Hall–Kier alpha value is -0.0400. The molecular weight excluding hydrogens is 182 g/mol. The van der Waals surface area contributed by atoms with Crippen LogP contribution >= 0.6 is 0 Å². The van der Waals surface area contributed by atoms with E-state index < -0.39 is 0 Å². The standard InChI is InChI=1S/C12H27N.C2H6/c1-11(2,3)10(9-13(7)8)12(4,5)6;1-2/h10H,9H2,1-8H3;1-2H3. The first-order valence-electron chi connectivity index (χ1n) is 6.20. The van der Waals surface area contributed by atoms with Crippen molar-refractivity contribution >= 4 is 0 Å². The van der Waals surface area contributed by atoms with Gasteiger partial charge in [-0.05, 0) is 30.8 Å². The largest absolute Gasteiger partial charge is 0.309 e. The van der Waals surface area contributed by atoms with Gasteiger partial charge in [-0.15, -0.1) is 0 Å². The van der Waals surface area contributed by atoms with Gasteiger partial charge in [0.05, 0.1) is 0 Å². The molecule has 1 heteroatoms. The second-order valence-corrected chi connectivity index (χ2v) is 6.55. The van der Waals surface area contributed by atoms with Crippen molar-refractivity contribution in [3.8, 4) is 0 Å². The lowest BCUT2D eigenvalue weighted by Crippen LogP contribution is -2.39. The fourth-order valence-electron chi connectivity index (χ4n) is 2.21. The van der Waals surface area contributed by atoms with Gasteiger partial charge < -0.3 is 4.90 Å². The van der Waals surface area contributed by atoms with Crippen molar-refractivity contribution in [3.63, 3.8) is 0 Å². The molecule has 0 rings (SSSR count). The fourth-order valence-corrected chi connectivity index (χ4v) is 2.21. The summed E-state index contributed by atoms with van der Waals surface area (Å²) in [6, 6.07) is 0. The zero-order valence-corrected chi connectivity index (χ0v) is 12.7. The van der Waals surface area contributed by atoms with E-state index in [1.165, 1.54) is 6.54 Å². The first kappa shape index (κ1) is 17.4. The van der Waals surface area contributed by atoms with Gasteiger partial charge in [-0.25, -0.2) is 0 Å². The summed E-state index contributed by atoms with van der Waals surface area (Å²) < 4.78 is 0. The predicted octanol–water partition coefficient (Wildman–Crippen LogP) is 4.28. The lowest BCUT2D eigenvalue weighted by atomic mass is 9.66. The molecule has 94 valence electrons. The first-order chi connectivity index (χ1) is 6.55. The van der Waals surface area contributed by atoms with E-state index in [0.29, 0.717) is 10.8 Å². The van der Waals surface area contributed by atoms with Crippen molar-refractivity contribution in [3.05, 3.63) is 0 Å². The molecule has 0 bridgehead atoms. The summed E-state index contributed by atoms with van der Waals surface area (Å²) in [7, 11) is 4.31. The molecule has 0 spiro atoms. The molecule has 0 amide bonds. The molecule has 0 fully saturated rings. The third-order valence-electron chi connectivity index (χ3n) is 2.64. The van der Waals surface area contributed by atoms with E-state index in [2.05, 4.69) is 60.5 Å². The Bertz CT molecular complexity index is 132. The maximum absolute atomic E-state index is 2.34. The maximum atomic E-state index is 2.34. The van der Waals surface area contributed by atoms with Gasteiger partial charge in [0.2, 0.25) is 0 Å². The number of hydrogen-bond donors (Lipinski definition) is 0. The minimum absolute atomic E-state index is 0.391. The molecule has 0 saturated heterocycles. The van der Waals surface area contributed by atoms with Gasteiger partial charge in [-0.1, -0.05) is 55.4 Å². The van der Waals surface area contributed by atoms with Gasteiger partial charge in [0.15, 0.2) is 0 Å². The summed E-state index contributed by atoms with van der Waals surface area (Å²) in [4.78, 5) is 2.29. The maximum Gasteiger partial charge on any atom is 0.00136 e. The molecule has 15 heavy (non-hydrogen) atoms. The minimum Gasteiger partial charge on any atom is -0.309 e. The molecule has 0 aliphatic heterocycles. The minimum atomic E-state index is 0.391. The Morgan fingerprint density at radius 3 is 1.13 bits per heavy atom. The van der Waals surface area contributed by atoms with Crippen molar-refractivity contribution in [2.24, 2.45) is 16.7 Å². The smallest absolute Gasteiger partial charge is 0.00136 e. The van der Waals surface area contributed by atoms with Gasteiger partial charge in [-0.2, -0.15) is 0 Å². The normalized spacial score (nSPS) is 12.8. The Labute approximate surface area is 98.2 Å². The quantitative estimate of drug-likeness (QED) is 0.664. The van der Waals surface area contributed by atoms with Crippen LogP contribution < -0.4 is 0 Å². The highest BCUT2D eigenvalue weighted by molar-refractivity contribution is 4.85. The van der Waals surface area contributed by atoms with Crippen molar-refractivity contribution in [1.29, 1.82) is 0 Å². The van der Waals surface area contributed by atoms with E-state index in [1.54, 1.807) is 0 Å². The molecule has 0 radical (unpaired) electrons. The second-order valence-electron chi connectivity index (χ2n) is 6.55. The summed E-state index contributed by atoms with van der Waals surface area (Å²) in [5.74, 6) is 0.731. The van der Waals surface area contributed by atoms with Gasteiger partial charge >= 0.3 is 0 Å². The molecule has 0 aliphatic carbocycles. The average Bonchev–Trinajstić information content (AvgIpc) is 2.00. The number of nitrogens with zero attached hydrogens (tertiary/aromatic N) is 1. The Morgan fingerprint density at radius 1 is 0.800 bits per heavy atom. The fraction of sp³-hybridized carbons (Fsp3) is 1.00.